The predicted octanol–water partition coefficient (Wildman–Crippen LogP) is 3.33. The highest BCUT2D eigenvalue weighted by molar-refractivity contribution is 5.87. The molecule has 58 heavy (non-hydrogen) atoms. The van der Waals surface area contributed by atoms with Crippen molar-refractivity contribution < 1.29 is 24.0 Å². The Balaban J connectivity index is 1.04. The van der Waals surface area contributed by atoms with Gasteiger partial charge < -0.3 is 31.4 Å². The van der Waals surface area contributed by atoms with Crippen LogP contribution < -0.4 is 38.0 Å². The number of anilines is 1. The number of ether oxygens (including phenoxy) is 1. The second-order valence-corrected chi connectivity index (χ2v) is 15.0. The number of hydrogen-bond acceptors (Lipinski definition) is 11. The summed E-state index contributed by atoms with van der Waals surface area (Å²) in [7, 11) is 0. The maximum Gasteiger partial charge on any atom is 0.328 e. The maximum absolute atomic E-state index is 13.3. The van der Waals surface area contributed by atoms with Gasteiger partial charge >= 0.3 is 11.7 Å². The lowest BCUT2D eigenvalue weighted by Gasteiger charge is -2.32. The van der Waals surface area contributed by atoms with Crippen molar-refractivity contribution in [1.29, 1.82) is 0 Å². The van der Waals surface area contributed by atoms with Gasteiger partial charge in [-0.2, -0.15) is 9.97 Å². The van der Waals surface area contributed by atoms with Crippen LogP contribution in [0.1, 0.15) is 87.8 Å². The van der Waals surface area contributed by atoms with Gasteiger partial charge in [-0.15, -0.1) is 0 Å². The summed E-state index contributed by atoms with van der Waals surface area (Å²) in [6, 6.07) is 17.8. The number of rotatable bonds is 24. The summed E-state index contributed by atoms with van der Waals surface area (Å²) in [6.45, 7) is 6.41. The number of H-pyrrole nitrogens is 1. The summed E-state index contributed by atoms with van der Waals surface area (Å²) in [6.07, 6.45) is 8.39. The molecule has 0 saturated carbocycles. The summed E-state index contributed by atoms with van der Waals surface area (Å²) < 4.78 is 7.22. The van der Waals surface area contributed by atoms with Gasteiger partial charge in [0.1, 0.15) is 18.2 Å². The van der Waals surface area contributed by atoms with Gasteiger partial charge in [0.15, 0.2) is 11.5 Å². The van der Waals surface area contributed by atoms with E-state index in [1.807, 2.05) is 42.5 Å². The van der Waals surface area contributed by atoms with Crippen LogP contribution in [0.15, 0.2) is 59.4 Å². The van der Waals surface area contributed by atoms with E-state index >= 15 is 0 Å². The Morgan fingerprint density at radius 2 is 1.64 bits per heavy atom. The van der Waals surface area contributed by atoms with Gasteiger partial charge in [0, 0.05) is 26.1 Å². The molecule has 0 bridgehead atoms. The number of nitrogens with two attached hydrogens (primary N) is 2. The summed E-state index contributed by atoms with van der Waals surface area (Å²) >= 11 is 0. The zero-order valence-electron chi connectivity index (χ0n) is 33.7. The van der Waals surface area contributed by atoms with E-state index in [1.54, 1.807) is 4.57 Å². The monoisotopic (exact) mass is 800 g/mol. The normalized spacial score (nSPS) is 14.0. The molecule has 3 heterocycles. The first-order valence-corrected chi connectivity index (χ1v) is 20.6. The maximum atomic E-state index is 13.3. The second-order valence-electron chi connectivity index (χ2n) is 15.0. The number of imidazole rings is 1. The summed E-state index contributed by atoms with van der Waals surface area (Å²) in [5.41, 5.74) is 9.96. The van der Waals surface area contributed by atoms with Gasteiger partial charge in [-0.1, -0.05) is 67.9 Å². The van der Waals surface area contributed by atoms with Crippen LogP contribution in [-0.2, 0) is 38.7 Å². The molecule has 4 aromatic rings. The third kappa shape index (κ3) is 14.0. The number of unbranched alkanes of at least 4 members (excludes halogenated alkanes) is 2. The fourth-order valence-corrected chi connectivity index (χ4v) is 7.16. The lowest BCUT2D eigenvalue weighted by atomic mass is 9.93. The molecule has 16 nitrogen and oxygen atoms in total. The number of nitrogen functional groups attached to an aromatic ring is 1. The van der Waals surface area contributed by atoms with Crippen molar-refractivity contribution in [2.45, 2.75) is 96.7 Å². The Kier molecular flexibility index (Phi) is 17.5. The van der Waals surface area contributed by atoms with E-state index in [-0.39, 0.29) is 41.8 Å². The largest absolute Gasteiger partial charge is 0.463 e. The molecule has 2 aromatic carbocycles. The molecular formula is C42H60N10O6. The van der Waals surface area contributed by atoms with Crippen LogP contribution in [0.2, 0.25) is 0 Å². The van der Waals surface area contributed by atoms with Crippen molar-refractivity contribution in [3.63, 3.8) is 0 Å². The number of hydrogen-bond donors (Lipinski definition) is 6. The SMILES string of the molecule is CCCCOc1nc(N)c2[nH]c(=O)n(Cc3ccc(CN4CCC(CCNC(=O)[C@H](CCCCNC(=O)CON)NC(=O)CCCc5ccccc5)CC4)cc3)c2n1. The number of benzene rings is 2. The van der Waals surface area contributed by atoms with E-state index in [1.165, 1.54) is 11.1 Å². The minimum Gasteiger partial charge on any atom is -0.463 e. The molecule has 0 spiro atoms. The number of fused-ring (bicyclic) bond motifs is 1. The number of nitrogens with zero attached hydrogens (tertiary/aromatic N) is 4. The van der Waals surface area contributed by atoms with Gasteiger partial charge in [-0.05, 0) is 93.5 Å². The zero-order valence-corrected chi connectivity index (χ0v) is 33.7. The Labute approximate surface area is 339 Å². The van der Waals surface area contributed by atoms with Crippen LogP contribution in [-0.4, -0.2) is 87.6 Å². The fraction of sp³-hybridized carbons (Fsp3) is 0.524. The lowest BCUT2D eigenvalue weighted by Crippen LogP contribution is -2.47. The van der Waals surface area contributed by atoms with Crippen LogP contribution >= 0.6 is 0 Å². The molecule has 1 saturated heterocycles. The Morgan fingerprint density at radius 1 is 0.897 bits per heavy atom. The molecule has 2 aromatic heterocycles. The number of carbonyl (C=O) groups is 3. The smallest absolute Gasteiger partial charge is 0.328 e. The molecule has 1 atom stereocenters. The van der Waals surface area contributed by atoms with Gasteiger partial charge in [-0.25, -0.2) is 10.7 Å². The number of aromatic amines is 1. The average molecular weight is 801 g/mol. The number of aryl methyl sites for hydroxylation is 1. The highest BCUT2D eigenvalue weighted by Crippen LogP contribution is 2.23. The molecule has 3 amide bonds. The van der Waals surface area contributed by atoms with Crippen molar-refractivity contribution in [3.05, 3.63) is 81.8 Å². The highest BCUT2D eigenvalue weighted by Gasteiger charge is 2.23. The molecule has 0 radical (unpaired) electrons. The molecule has 1 fully saturated rings. The molecule has 0 unspecified atom stereocenters. The first kappa shape index (κ1) is 43.8. The third-order valence-electron chi connectivity index (χ3n) is 10.5. The van der Waals surface area contributed by atoms with E-state index < -0.39 is 6.04 Å². The topological polar surface area (TPSA) is 225 Å². The third-order valence-corrected chi connectivity index (χ3v) is 10.5. The number of nitrogens with one attached hydrogen (secondary N) is 4. The lowest BCUT2D eigenvalue weighted by molar-refractivity contribution is -0.129. The standard InChI is InChI=1S/C42H60N10O6/c1-2-3-26-57-41-49-38(43)37-39(50-41)52(42(56)48-37)28-33-17-15-32(16-18-33)27-51-24-20-31(21-25-51)19-23-46-40(55)34(13-7-8-22-45-36(54)29-58-44)47-35(53)14-9-12-30-10-5-4-6-11-30/h4-6,10-11,15-18,31,34H,2-3,7-9,12-14,19-29,44H2,1H3,(H,45,54)(H,46,55)(H,47,53)(H,48,56)(H2,43,49,50)/t34-/m0/s1. The molecular weight excluding hydrogens is 741 g/mol. The zero-order chi connectivity index (χ0) is 41.1. The molecule has 0 aliphatic carbocycles. The highest BCUT2D eigenvalue weighted by atomic mass is 16.6. The molecule has 8 N–H and O–H groups in total. The molecule has 314 valence electrons. The summed E-state index contributed by atoms with van der Waals surface area (Å²) in [4.78, 5) is 68.9. The summed E-state index contributed by atoms with van der Waals surface area (Å²) in [5, 5.41) is 8.77. The van der Waals surface area contributed by atoms with Gasteiger partial charge in [0.05, 0.1) is 13.2 Å². The summed E-state index contributed by atoms with van der Waals surface area (Å²) in [5.74, 6) is 5.02. The predicted molar refractivity (Wildman–Crippen MR) is 222 cm³/mol. The fourth-order valence-electron chi connectivity index (χ4n) is 7.16. The van der Waals surface area contributed by atoms with E-state index in [2.05, 4.69) is 59.7 Å². The van der Waals surface area contributed by atoms with E-state index in [0.29, 0.717) is 75.4 Å². The van der Waals surface area contributed by atoms with Crippen LogP contribution in [0.5, 0.6) is 6.01 Å². The van der Waals surface area contributed by atoms with Gasteiger partial charge in [0.25, 0.3) is 0 Å². The number of carbonyl (C=O) groups excluding carboxylic acids is 3. The Morgan fingerprint density at radius 3 is 2.36 bits per heavy atom. The first-order chi connectivity index (χ1) is 28.2. The molecule has 5 rings (SSSR count). The van der Waals surface area contributed by atoms with Crippen molar-refractivity contribution in [1.82, 2.24) is 40.4 Å². The van der Waals surface area contributed by atoms with Crippen molar-refractivity contribution in [2.75, 3.05) is 45.1 Å². The first-order valence-electron chi connectivity index (χ1n) is 20.6. The Hall–Kier alpha value is -5.32. The van der Waals surface area contributed by atoms with Crippen LogP contribution in [0.25, 0.3) is 11.2 Å². The minimum absolute atomic E-state index is 0.140. The quantitative estimate of drug-likeness (QED) is 0.0445. The molecule has 1 aliphatic rings. The van der Waals surface area contributed by atoms with Crippen LogP contribution in [0.3, 0.4) is 0 Å². The van der Waals surface area contributed by atoms with Crippen LogP contribution in [0.4, 0.5) is 5.82 Å². The van der Waals surface area contributed by atoms with Crippen molar-refractivity contribution in [2.24, 2.45) is 11.8 Å². The molecule has 1 aliphatic heterocycles. The second kappa shape index (κ2) is 23.2. The van der Waals surface area contributed by atoms with E-state index in [9.17, 15) is 19.2 Å². The van der Waals surface area contributed by atoms with Gasteiger partial charge in [0.2, 0.25) is 17.7 Å². The number of piperidine rings is 1. The Bertz CT molecular complexity index is 1940. The van der Waals surface area contributed by atoms with E-state index in [0.717, 1.165) is 63.7 Å². The van der Waals surface area contributed by atoms with Gasteiger partial charge in [-0.3, -0.25) is 28.7 Å². The van der Waals surface area contributed by atoms with Crippen molar-refractivity contribution >= 4 is 34.7 Å². The number of likely N-dealkylation sites (tertiary alicyclic amines) is 1. The molecule has 16 heteroatoms. The van der Waals surface area contributed by atoms with Crippen molar-refractivity contribution in [3.8, 4) is 6.01 Å². The number of aromatic nitrogens is 4. The average Bonchev–Trinajstić information content (AvgIpc) is 3.53. The minimum atomic E-state index is -0.639. The van der Waals surface area contributed by atoms with E-state index in [4.69, 9.17) is 16.4 Å². The number of amides is 3. The van der Waals surface area contributed by atoms with Crippen LogP contribution in [0, 0.1) is 5.92 Å².